The van der Waals surface area contributed by atoms with Gasteiger partial charge in [-0.1, -0.05) is 18.7 Å². The lowest BCUT2D eigenvalue weighted by Gasteiger charge is -2.17. The van der Waals surface area contributed by atoms with Crippen molar-refractivity contribution in [3.8, 4) is 17.1 Å². The van der Waals surface area contributed by atoms with Crippen LogP contribution in [0.5, 0.6) is 5.75 Å². The molecule has 0 saturated heterocycles. The average molecular weight is 469 g/mol. The maximum Gasteiger partial charge on any atom is 0.259 e. The first-order valence-electron chi connectivity index (χ1n) is 10.5. The third-order valence-corrected chi connectivity index (χ3v) is 8.08. The number of aryl methyl sites for hydroxylation is 1. The van der Waals surface area contributed by atoms with E-state index in [9.17, 15) is 4.79 Å². The van der Waals surface area contributed by atoms with E-state index in [0.717, 1.165) is 40.8 Å². The molecule has 8 nitrogen and oxygen atoms in total. The molecule has 1 aromatic carbocycles. The molecule has 4 aromatic rings. The molecule has 32 heavy (non-hydrogen) atoms. The van der Waals surface area contributed by atoms with Crippen LogP contribution in [0.4, 0.5) is 0 Å². The first-order chi connectivity index (χ1) is 15.4. The number of H-pyrrole nitrogens is 1. The van der Waals surface area contributed by atoms with E-state index in [1.807, 2.05) is 31.2 Å². The molecule has 3 N–H and O–H groups in total. The van der Waals surface area contributed by atoms with E-state index in [2.05, 4.69) is 22.1 Å². The number of fused-ring (bicyclic) bond motifs is 3. The fourth-order valence-electron chi connectivity index (χ4n) is 4.07. The first-order valence-corrected chi connectivity index (χ1v) is 12.2. The normalized spacial score (nSPS) is 16.8. The van der Waals surface area contributed by atoms with Gasteiger partial charge >= 0.3 is 0 Å². The minimum atomic E-state index is -0.152. The minimum Gasteiger partial charge on any atom is -0.497 e. The van der Waals surface area contributed by atoms with Crippen LogP contribution in [0.15, 0.2) is 34.2 Å². The summed E-state index contributed by atoms with van der Waals surface area (Å²) >= 11 is 3.07. The lowest BCUT2D eigenvalue weighted by Crippen LogP contribution is -2.16. The van der Waals surface area contributed by atoms with Gasteiger partial charge in [-0.3, -0.25) is 4.79 Å². The van der Waals surface area contributed by atoms with E-state index in [1.54, 1.807) is 18.4 Å². The van der Waals surface area contributed by atoms with Gasteiger partial charge in [0.25, 0.3) is 5.56 Å². The predicted molar refractivity (Wildman–Crippen MR) is 128 cm³/mol. The highest BCUT2D eigenvalue weighted by Gasteiger charge is 2.24. The van der Waals surface area contributed by atoms with E-state index in [4.69, 9.17) is 15.6 Å². The molecular formula is C22H24N6O2S2. The van der Waals surface area contributed by atoms with E-state index in [1.165, 1.54) is 26.9 Å². The third-order valence-electron chi connectivity index (χ3n) is 5.86. The zero-order valence-electron chi connectivity index (χ0n) is 18.1. The summed E-state index contributed by atoms with van der Waals surface area (Å²) in [5.41, 5.74) is 1.97. The Kier molecular flexibility index (Phi) is 5.42. The van der Waals surface area contributed by atoms with Crippen molar-refractivity contribution in [3.05, 3.63) is 50.9 Å². The number of nitrogen functional groups attached to an aromatic ring is 1. The number of ether oxygens (including phenoxy) is 1. The van der Waals surface area contributed by atoms with E-state index < -0.39 is 0 Å². The number of thiophene rings is 1. The summed E-state index contributed by atoms with van der Waals surface area (Å²) in [5, 5.41) is 9.65. The predicted octanol–water partition coefficient (Wildman–Crippen LogP) is 3.94. The van der Waals surface area contributed by atoms with Crippen molar-refractivity contribution in [2.24, 2.45) is 5.92 Å². The molecule has 0 radical (unpaired) electrons. The van der Waals surface area contributed by atoms with Crippen LogP contribution in [0.3, 0.4) is 0 Å². The average Bonchev–Trinajstić information content (AvgIpc) is 3.33. The van der Waals surface area contributed by atoms with Crippen molar-refractivity contribution >= 4 is 33.3 Å². The van der Waals surface area contributed by atoms with Gasteiger partial charge in [-0.05, 0) is 61.9 Å². The number of nitrogens with two attached hydrogens (primary N) is 1. The van der Waals surface area contributed by atoms with E-state index in [-0.39, 0.29) is 10.8 Å². The van der Waals surface area contributed by atoms with Crippen LogP contribution in [0.1, 0.15) is 41.8 Å². The van der Waals surface area contributed by atoms with Crippen molar-refractivity contribution in [1.82, 2.24) is 24.8 Å². The number of hydrogen-bond donors (Lipinski definition) is 2. The van der Waals surface area contributed by atoms with Gasteiger partial charge < -0.3 is 15.6 Å². The molecule has 3 heterocycles. The number of nitrogens with one attached hydrogen (secondary N) is 1. The van der Waals surface area contributed by atoms with Gasteiger partial charge in [-0.2, -0.15) is 0 Å². The summed E-state index contributed by atoms with van der Waals surface area (Å²) < 4.78 is 6.66. The third kappa shape index (κ3) is 3.67. The highest BCUT2D eigenvalue weighted by molar-refractivity contribution is 7.99. The molecule has 2 atom stereocenters. The van der Waals surface area contributed by atoms with Crippen LogP contribution < -0.4 is 16.1 Å². The van der Waals surface area contributed by atoms with Gasteiger partial charge in [0, 0.05) is 10.4 Å². The molecule has 1 aliphatic carbocycles. The summed E-state index contributed by atoms with van der Waals surface area (Å²) in [6, 6.07) is 7.47. The zero-order chi connectivity index (χ0) is 22.4. The monoisotopic (exact) mass is 468 g/mol. The molecule has 0 saturated carbocycles. The van der Waals surface area contributed by atoms with Crippen molar-refractivity contribution in [3.63, 3.8) is 0 Å². The maximum absolute atomic E-state index is 12.9. The molecule has 166 valence electrons. The SMILES string of the molecule is COc1ccc(-c2nnc(SC(C)c3nc4sc5c(c4c(=O)[nH]3)CCC(C)C5)n2N)cc1. The van der Waals surface area contributed by atoms with Crippen LogP contribution >= 0.6 is 23.1 Å². The highest BCUT2D eigenvalue weighted by Crippen LogP contribution is 2.37. The molecule has 0 bridgehead atoms. The zero-order valence-corrected chi connectivity index (χ0v) is 19.7. The standard InChI is InChI=1S/C22H24N6O2S2/c1-11-4-9-15-16(10-11)32-21-17(15)20(29)24-18(25-21)12(2)31-22-27-26-19(28(22)23)13-5-7-14(30-3)8-6-13/h5-8,11-12H,4,9-10,23H2,1-3H3,(H,24,25,29). The van der Waals surface area contributed by atoms with Crippen LogP contribution in [-0.2, 0) is 12.8 Å². The quantitative estimate of drug-likeness (QED) is 0.337. The fraction of sp³-hybridized carbons (Fsp3) is 0.364. The molecule has 0 fully saturated rings. The van der Waals surface area contributed by atoms with Gasteiger partial charge in [0.2, 0.25) is 5.16 Å². The lowest BCUT2D eigenvalue weighted by atomic mass is 9.89. The number of hydrogen-bond acceptors (Lipinski definition) is 8. The molecule has 1 aliphatic rings. The summed E-state index contributed by atoms with van der Waals surface area (Å²) in [7, 11) is 1.62. The van der Waals surface area contributed by atoms with Gasteiger partial charge in [0.15, 0.2) is 5.82 Å². The number of nitrogens with zero attached hydrogens (tertiary/aromatic N) is 4. The van der Waals surface area contributed by atoms with Crippen molar-refractivity contribution in [2.45, 2.75) is 43.5 Å². The summed E-state index contributed by atoms with van der Waals surface area (Å²) in [6.45, 7) is 4.24. The van der Waals surface area contributed by atoms with E-state index >= 15 is 0 Å². The molecule has 2 unspecified atom stereocenters. The van der Waals surface area contributed by atoms with Gasteiger partial charge in [-0.15, -0.1) is 21.5 Å². The summed E-state index contributed by atoms with van der Waals surface area (Å²) in [6.07, 6.45) is 3.10. The Morgan fingerprint density at radius 2 is 2.09 bits per heavy atom. The first kappa shape index (κ1) is 21.0. The van der Waals surface area contributed by atoms with Crippen LogP contribution in [0, 0.1) is 5.92 Å². The second-order valence-corrected chi connectivity index (χ2v) is 10.5. The van der Waals surface area contributed by atoms with E-state index in [0.29, 0.717) is 22.7 Å². The lowest BCUT2D eigenvalue weighted by molar-refractivity contribution is 0.415. The maximum atomic E-state index is 12.9. The Morgan fingerprint density at radius 3 is 2.84 bits per heavy atom. The second-order valence-electron chi connectivity index (χ2n) is 8.15. The number of aromatic amines is 1. The van der Waals surface area contributed by atoms with Gasteiger partial charge in [0.1, 0.15) is 16.4 Å². The molecule has 5 rings (SSSR count). The Balaban J connectivity index is 1.42. The molecule has 3 aromatic heterocycles. The van der Waals surface area contributed by atoms with Crippen molar-refractivity contribution in [2.75, 3.05) is 13.0 Å². The Hall–Kier alpha value is -2.85. The highest BCUT2D eigenvalue weighted by atomic mass is 32.2. The summed E-state index contributed by atoms with van der Waals surface area (Å²) in [5.74, 6) is 8.87. The molecular weight excluding hydrogens is 444 g/mol. The Bertz CT molecular complexity index is 1340. The molecule has 0 amide bonds. The second kappa shape index (κ2) is 8.25. The van der Waals surface area contributed by atoms with Crippen LogP contribution in [0.25, 0.3) is 21.6 Å². The molecule has 0 spiro atoms. The van der Waals surface area contributed by atoms with Crippen molar-refractivity contribution in [1.29, 1.82) is 0 Å². The Morgan fingerprint density at radius 1 is 1.31 bits per heavy atom. The number of methoxy groups -OCH3 is 1. The molecule has 10 heteroatoms. The van der Waals surface area contributed by atoms with Crippen LogP contribution in [0.2, 0.25) is 0 Å². The minimum absolute atomic E-state index is 0.0577. The van der Waals surface area contributed by atoms with Crippen molar-refractivity contribution < 1.29 is 4.74 Å². The van der Waals surface area contributed by atoms with Gasteiger partial charge in [-0.25, -0.2) is 9.66 Å². The number of rotatable bonds is 5. The topological polar surface area (TPSA) is 112 Å². The fourth-order valence-corrected chi connectivity index (χ4v) is 6.28. The smallest absolute Gasteiger partial charge is 0.259 e. The molecule has 0 aliphatic heterocycles. The number of benzene rings is 1. The Labute approximate surface area is 193 Å². The number of thioether (sulfide) groups is 1. The van der Waals surface area contributed by atoms with Crippen LogP contribution in [-0.4, -0.2) is 32.0 Å². The summed E-state index contributed by atoms with van der Waals surface area (Å²) in [4.78, 5) is 22.8. The largest absolute Gasteiger partial charge is 0.497 e. The van der Waals surface area contributed by atoms with Gasteiger partial charge in [0.05, 0.1) is 17.7 Å². The number of aromatic nitrogens is 5.